The lowest BCUT2D eigenvalue weighted by molar-refractivity contribution is 0.631. The third-order valence-electron chi connectivity index (χ3n) is 0.840. The Morgan fingerprint density at radius 3 is 1.36 bits per heavy atom. The van der Waals surface area contributed by atoms with Gasteiger partial charge in [0.25, 0.3) is 0 Å². The predicted octanol–water partition coefficient (Wildman–Crippen LogP) is 0.308. The summed E-state index contributed by atoms with van der Waals surface area (Å²) in [4.78, 5) is 0. The summed E-state index contributed by atoms with van der Waals surface area (Å²) in [6.07, 6.45) is 0.830. The van der Waals surface area contributed by atoms with Crippen LogP contribution in [0.4, 0.5) is 0 Å². The van der Waals surface area contributed by atoms with Crippen LogP contribution in [0.1, 0.15) is 6.42 Å². The molecule has 0 aromatic carbocycles. The zero-order valence-corrected chi connectivity index (χ0v) is 9.33. The zero-order chi connectivity index (χ0) is 5.70. The van der Waals surface area contributed by atoms with E-state index >= 15 is 0 Å². The van der Waals surface area contributed by atoms with Crippen molar-refractivity contribution in [1.82, 2.24) is 0 Å². The molecule has 3 nitrogen and oxygen atoms in total. The Kier molecular flexibility index (Phi) is 60.4. The molecule has 1 atom stereocenters. The van der Waals surface area contributed by atoms with Gasteiger partial charge in [0.05, 0.1) is 0 Å². The lowest BCUT2D eigenvalue weighted by Gasteiger charge is -2.03. The highest BCUT2D eigenvalue weighted by molar-refractivity contribution is 5.86. The van der Waals surface area contributed by atoms with Gasteiger partial charge in [0.15, 0.2) is 0 Å². The first-order valence-corrected chi connectivity index (χ1v) is 2.47. The van der Waals surface area contributed by atoms with Crippen molar-refractivity contribution in [1.29, 1.82) is 0 Å². The van der Waals surface area contributed by atoms with Crippen molar-refractivity contribution in [2.75, 3.05) is 13.1 Å². The number of hydrogen-bond donors (Lipinski definition) is 3. The number of nitrogens with two attached hydrogens (primary N) is 3. The van der Waals surface area contributed by atoms with E-state index in [9.17, 15) is 0 Å². The summed E-state index contributed by atoms with van der Waals surface area (Å²) in [7, 11) is 0. The molecule has 7 heteroatoms. The SMILES string of the molecule is Cl.Cl.Cl.Cl.NCCC(N)CN. The molecule has 6 N–H and O–H groups in total. The molecule has 0 aliphatic rings. The summed E-state index contributed by atoms with van der Waals surface area (Å²) >= 11 is 0. The van der Waals surface area contributed by atoms with E-state index in [1.165, 1.54) is 0 Å². The van der Waals surface area contributed by atoms with E-state index in [0.29, 0.717) is 13.1 Å². The Morgan fingerprint density at radius 1 is 0.909 bits per heavy atom. The average Bonchev–Trinajstić information content (AvgIpc) is 1.68. The Balaban J connectivity index is -0.0000000300. The topological polar surface area (TPSA) is 78.1 Å². The summed E-state index contributed by atoms with van der Waals surface area (Å²) in [5, 5.41) is 0. The van der Waals surface area contributed by atoms with E-state index in [2.05, 4.69) is 0 Å². The highest BCUT2D eigenvalue weighted by Gasteiger charge is 1.93. The minimum Gasteiger partial charge on any atom is -0.330 e. The van der Waals surface area contributed by atoms with E-state index in [1.54, 1.807) is 0 Å². The molecule has 0 aliphatic heterocycles. The maximum Gasteiger partial charge on any atom is 0.0175 e. The summed E-state index contributed by atoms with van der Waals surface area (Å²) < 4.78 is 0. The minimum absolute atomic E-state index is 0. The average molecular weight is 249 g/mol. The third-order valence-corrected chi connectivity index (χ3v) is 0.840. The Bertz CT molecular complexity index is 48.3. The number of halogens is 4. The first kappa shape index (κ1) is 29.6. The fraction of sp³-hybridized carbons (Fsp3) is 1.00. The van der Waals surface area contributed by atoms with E-state index in [4.69, 9.17) is 17.2 Å². The van der Waals surface area contributed by atoms with Crippen LogP contribution >= 0.6 is 49.6 Å². The van der Waals surface area contributed by atoms with Gasteiger partial charge in [-0.3, -0.25) is 0 Å². The van der Waals surface area contributed by atoms with Gasteiger partial charge in [-0.05, 0) is 13.0 Å². The maximum absolute atomic E-state index is 5.38. The third kappa shape index (κ3) is 24.7. The molecule has 11 heavy (non-hydrogen) atoms. The van der Waals surface area contributed by atoms with Gasteiger partial charge in [-0.15, -0.1) is 49.6 Å². The van der Waals surface area contributed by atoms with Crippen molar-refractivity contribution in [3.63, 3.8) is 0 Å². The highest BCUT2D eigenvalue weighted by Crippen LogP contribution is 1.77. The normalized spacial score (nSPS) is 9.00. The quantitative estimate of drug-likeness (QED) is 0.673. The Labute approximate surface area is 92.5 Å². The highest BCUT2D eigenvalue weighted by atomic mass is 35.5. The monoisotopic (exact) mass is 247 g/mol. The molecule has 0 radical (unpaired) electrons. The molecular formula is C4H17Cl4N3. The van der Waals surface area contributed by atoms with E-state index < -0.39 is 0 Å². The second kappa shape index (κ2) is 22.5. The minimum atomic E-state index is 0. The van der Waals surface area contributed by atoms with Gasteiger partial charge >= 0.3 is 0 Å². The van der Waals surface area contributed by atoms with Crippen LogP contribution in [0.5, 0.6) is 0 Å². The molecule has 0 spiro atoms. The molecule has 0 aliphatic carbocycles. The molecule has 0 amide bonds. The Morgan fingerprint density at radius 2 is 1.27 bits per heavy atom. The van der Waals surface area contributed by atoms with Crippen molar-refractivity contribution in [2.24, 2.45) is 17.2 Å². The van der Waals surface area contributed by atoms with Crippen LogP contribution in [0, 0.1) is 0 Å². The van der Waals surface area contributed by atoms with Crippen molar-refractivity contribution in [3.8, 4) is 0 Å². The summed E-state index contributed by atoms with van der Waals surface area (Å²) in [6.45, 7) is 1.18. The molecule has 0 aromatic rings. The molecular weight excluding hydrogens is 232 g/mol. The van der Waals surface area contributed by atoms with Crippen LogP contribution in [0.25, 0.3) is 0 Å². The van der Waals surface area contributed by atoms with Crippen molar-refractivity contribution >= 4 is 49.6 Å². The van der Waals surface area contributed by atoms with Gasteiger partial charge in [-0.25, -0.2) is 0 Å². The number of rotatable bonds is 3. The van der Waals surface area contributed by atoms with Gasteiger partial charge in [0, 0.05) is 12.6 Å². The lowest BCUT2D eigenvalue weighted by Crippen LogP contribution is -2.31. The second-order valence-electron chi connectivity index (χ2n) is 1.57. The lowest BCUT2D eigenvalue weighted by atomic mass is 10.2. The van der Waals surface area contributed by atoms with Crippen molar-refractivity contribution in [2.45, 2.75) is 12.5 Å². The van der Waals surface area contributed by atoms with Crippen LogP contribution in [0.3, 0.4) is 0 Å². The molecule has 0 saturated heterocycles. The molecule has 0 aromatic heterocycles. The van der Waals surface area contributed by atoms with Crippen molar-refractivity contribution in [3.05, 3.63) is 0 Å². The smallest absolute Gasteiger partial charge is 0.0175 e. The second-order valence-corrected chi connectivity index (χ2v) is 1.57. The fourth-order valence-corrected chi connectivity index (χ4v) is 0.332. The van der Waals surface area contributed by atoms with Crippen LogP contribution in [-0.2, 0) is 0 Å². The largest absolute Gasteiger partial charge is 0.330 e. The molecule has 0 heterocycles. The first-order valence-electron chi connectivity index (χ1n) is 2.47. The number of hydrogen-bond acceptors (Lipinski definition) is 3. The van der Waals surface area contributed by atoms with Gasteiger partial charge in [-0.1, -0.05) is 0 Å². The zero-order valence-electron chi connectivity index (χ0n) is 6.06. The van der Waals surface area contributed by atoms with E-state index in [1.807, 2.05) is 0 Å². The summed E-state index contributed by atoms with van der Waals surface area (Å²) in [6, 6.07) is 0.102. The van der Waals surface area contributed by atoms with E-state index in [0.717, 1.165) is 6.42 Å². The molecule has 1 unspecified atom stereocenters. The molecule has 0 bridgehead atoms. The fourth-order valence-electron chi connectivity index (χ4n) is 0.332. The maximum atomic E-state index is 5.38. The predicted molar refractivity (Wildman–Crippen MR) is 59.7 cm³/mol. The van der Waals surface area contributed by atoms with Crippen LogP contribution < -0.4 is 17.2 Å². The molecule has 0 fully saturated rings. The van der Waals surface area contributed by atoms with Gasteiger partial charge < -0.3 is 17.2 Å². The standard InChI is InChI=1S/C4H13N3.4ClH/c5-2-1-4(7)3-6;;;;/h4H,1-3,5-7H2;4*1H. The Hall–Kier alpha value is 1.04. The van der Waals surface area contributed by atoms with Crippen LogP contribution in [0.15, 0.2) is 0 Å². The van der Waals surface area contributed by atoms with Crippen LogP contribution in [0.2, 0.25) is 0 Å². The van der Waals surface area contributed by atoms with Gasteiger partial charge in [0.1, 0.15) is 0 Å². The molecule has 0 saturated carbocycles. The summed E-state index contributed by atoms with van der Waals surface area (Å²) in [5.41, 5.74) is 15.7. The van der Waals surface area contributed by atoms with Crippen molar-refractivity contribution < 1.29 is 0 Å². The molecule has 0 rings (SSSR count). The first-order chi connectivity index (χ1) is 3.31. The van der Waals surface area contributed by atoms with Gasteiger partial charge in [0.2, 0.25) is 0 Å². The van der Waals surface area contributed by atoms with Crippen LogP contribution in [-0.4, -0.2) is 19.1 Å². The van der Waals surface area contributed by atoms with Gasteiger partial charge in [-0.2, -0.15) is 0 Å². The van der Waals surface area contributed by atoms with E-state index in [-0.39, 0.29) is 55.7 Å². The summed E-state index contributed by atoms with van der Waals surface area (Å²) in [5.74, 6) is 0. The molecule has 76 valence electrons.